The Hall–Kier alpha value is -0.180. The van der Waals surface area contributed by atoms with E-state index in [4.69, 9.17) is 17.3 Å². The van der Waals surface area contributed by atoms with Crippen molar-refractivity contribution in [2.45, 2.75) is 61.6 Å². The minimum Gasteiger partial charge on any atom is -0.327 e. The maximum absolute atomic E-state index is 6.35. The average molecular weight is 284 g/mol. The Morgan fingerprint density at radius 3 is 2.78 bits per heavy atom. The fourth-order valence-electron chi connectivity index (χ4n) is 2.44. The summed E-state index contributed by atoms with van der Waals surface area (Å²) in [5.41, 5.74) is 7.34. The number of hydrogen-bond acceptors (Lipinski definition) is 2. The molecule has 1 saturated carbocycles. The van der Waals surface area contributed by atoms with E-state index in [9.17, 15) is 0 Å². The molecule has 18 heavy (non-hydrogen) atoms. The zero-order valence-electron chi connectivity index (χ0n) is 11.0. The van der Waals surface area contributed by atoms with Crippen molar-refractivity contribution in [2.24, 2.45) is 5.73 Å². The summed E-state index contributed by atoms with van der Waals surface area (Å²) < 4.78 is 0. The summed E-state index contributed by atoms with van der Waals surface area (Å²) in [5.74, 6) is 0. The second-order valence-corrected chi connectivity index (χ2v) is 6.86. The molecule has 1 aromatic carbocycles. The summed E-state index contributed by atoms with van der Waals surface area (Å²) in [6, 6.07) is 6.46. The molecule has 2 N–H and O–H groups in total. The Morgan fingerprint density at radius 2 is 2.11 bits per heavy atom. The van der Waals surface area contributed by atoms with Gasteiger partial charge in [0.1, 0.15) is 0 Å². The van der Waals surface area contributed by atoms with Gasteiger partial charge in [0.05, 0.1) is 0 Å². The fourth-order valence-corrected chi connectivity index (χ4v) is 4.17. The molecular formula is C15H22ClNS. The predicted octanol–water partition coefficient (Wildman–Crippen LogP) is 4.65. The first-order valence-electron chi connectivity index (χ1n) is 6.90. The van der Waals surface area contributed by atoms with Crippen molar-refractivity contribution in [3.05, 3.63) is 28.8 Å². The summed E-state index contributed by atoms with van der Waals surface area (Å²) in [7, 11) is 0. The zero-order chi connectivity index (χ0) is 13.0. The van der Waals surface area contributed by atoms with Crippen LogP contribution in [0, 0.1) is 0 Å². The molecule has 1 aliphatic rings. The van der Waals surface area contributed by atoms with Crippen molar-refractivity contribution in [3.63, 3.8) is 0 Å². The first kappa shape index (κ1) is 14.2. The van der Waals surface area contributed by atoms with Crippen LogP contribution in [0.5, 0.6) is 0 Å². The number of halogens is 1. The van der Waals surface area contributed by atoms with Crippen LogP contribution in [0.15, 0.2) is 23.1 Å². The molecule has 3 heteroatoms. The fraction of sp³-hybridized carbons (Fsp3) is 0.600. The minimum absolute atomic E-state index is 0.216. The maximum Gasteiger partial charge on any atom is 0.0449 e. The lowest BCUT2D eigenvalue weighted by atomic mass is 10.0. The molecule has 0 heterocycles. The number of nitrogens with two attached hydrogens (primary N) is 1. The highest BCUT2D eigenvalue weighted by Crippen LogP contribution is 2.38. The molecule has 1 aromatic rings. The van der Waals surface area contributed by atoms with Crippen LogP contribution < -0.4 is 5.73 Å². The van der Waals surface area contributed by atoms with Crippen molar-refractivity contribution in [1.82, 2.24) is 0 Å². The molecule has 0 bridgehead atoms. The molecule has 0 aromatic heterocycles. The molecule has 1 atom stereocenters. The second kappa shape index (κ2) is 6.83. The molecule has 100 valence electrons. The van der Waals surface area contributed by atoms with Gasteiger partial charge in [0.2, 0.25) is 0 Å². The van der Waals surface area contributed by atoms with E-state index >= 15 is 0 Å². The third kappa shape index (κ3) is 3.66. The van der Waals surface area contributed by atoms with E-state index in [1.54, 1.807) is 0 Å². The quantitative estimate of drug-likeness (QED) is 0.851. The molecule has 0 amide bonds. The summed E-state index contributed by atoms with van der Waals surface area (Å²) >= 11 is 8.35. The highest BCUT2D eigenvalue weighted by molar-refractivity contribution is 8.00. The third-order valence-corrected chi connectivity index (χ3v) is 5.46. The van der Waals surface area contributed by atoms with Crippen molar-refractivity contribution in [2.75, 3.05) is 0 Å². The molecule has 0 spiro atoms. The van der Waals surface area contributed by atoms with Crippen LogP contribution >= 0.6 is 23.4 Å². The summed E-state index contributed by atoms with van der Waals surface area (Å²) in [4.78, 5) is 1.35. The van der Waals surface area contributed by atoms with Gasteiger partial charge in [0.25, 0.3) is 0 Å². The summed E-state index contributed by atoms with van der Waals surface area (Å²) in [6.07, 6.45) is 7.33. The third-order valence-electron chi connectivity index (χ3n) is 3.66. The van der Waals surface area contributed by atoms with Gasteiger partial charge in [-0.25, -0.2) is 0 Å². The average Bonchev–Trinajstić information content (AvgIpc) is 2.86. The van der Waals surface area contributed by atoms with Gasteiger partial charge in [-0.2, -0.15) is 0 Å². The lowest BCUT2D eigenvalue weighted by molar-refractivity contribution is 0.641. The van der Waals surface area contributed by atoms with E-state index in [1.165, 1.54) is 36.1 Å². The van der Waals surface area contributed by atoms with Gasteiger partial charge in [-0.3, -0.25) is 0 Å². The van der Waals surface area contributed by atoms with Crippen LogP contribution in [-0.4, -0.2) is 11.3 Å². The molecule has 0 radical (unpaired) electrons. The molecule has 1 unspecified atom stereocenters. The van der Waals surface area contributed by atoms with Gasteiger partial charge in [-0.15, -0.1) is 11.8 Å². The van der Waals surface area contributed by atoms with Crippen LogP contribution in [0.1, 0.15) is 44.6 Å². The van der Waals surface area contributed by atoms with E-state index in [0.29, 0.717) is 0 Å². The first-order chi connectivity index (χ1) is 8.70. The molecule has 0 aliphatic heterocycles. The number of rotatable bonds is 5. The van der Waals surface area contributed by atoms with Crippen molar-refractivity contribution in [1.29, 1.82) is 0 Å². The van der Waals surface area contributed by atoms with Crippen LogP contribution in [0.2, 0.25) is 5.02 Å². The molecule has 1 fully saturated rings. The maximum atomic E-state index is 6.35. The molecule has 0 saturated heterocycles. The Morgan fingerprint density at radius 1 is 1.39 bits per heavy atom. The largest absolute Gasteiger partial charge is 0.327 e. The van der Waals surface area contributed by atoms with Crippen LogP contribution in [-0.2, 0) is 6.42 Å². The SMILES string of the molecule is CCC(N)Cc1c(Cl)cccc1SC1CCCC1. The topological polar surface area (TPSA) is 26.0 Å². The van der Waals surface area contributed by atoms with Gasteiger partial charge in [0, 0.05) is 21.2 Å². The van der Waals surface area contributed by atoms with Crippen LogP contribution in [0.4, 0.5) is 0 Å². The normalized spacial score (nSPS) is 18.2. The second-order valence-electron chi connectivity index (χ2n) is 5.11. The highest BCUT2D eigenvalue weighted by Gasteiger charge is 2.19. The Balaban J connectivity index is 2.14. The lowest BCUT2D eigenvalue weighted by Crippen LogP contribution is -2.22. The lowest BCUT2D eigenvalue weighted by Gasteiger charge is -2.17. The van der Waals surface area contributed by atoms with Gasteiger partial charge >= 0.3 is 0 Å². The van der Waals surface area contributed by atoms with E-state index < -0.39 is 0 Å². The predicted molar refractivity (Wildman–Crippen MR) is 81.5 cm³/mol. The summed E-state index contributed by atoms with van der Waals surface area (Å²) in [5, 5.41) is 1.65. The zero-order valence-corrected chi connectivity index (χ0v) is 12.6. The van der Waals surface area contributed by atoms with E-state index in [1.807, 2.05) is 17.8 Å². The van der Waals surface area contributed by atoms with E-state index in [-0.39, 0.29) is 6.04 Å². The van der Waals surface area contributed by atoms with E-state index in [0.717, 1.165) is 23.1 Å². The Bertz CT molecular complexity index is 388. The molecule has 1 nitrogen and oxygen atoms in total. The monoisotopic (exact) mass is 283 g/mol. The smallest absolute Gasteiger partial charge is 0.0449 e. The Labute approximate surface area is 119 Å². The minimum atomic E-state index is 0.216. The van der Waals surface area contributed by atoms with Gasteiger partial charge in [-0.1, -0.05) is 37.4 Å². The van der Waals surface area contributed by atoms with Crippen LogP contribution in [0.3, 0.4) is 0 Å². The summed E-state index contributed by atoms with van der Waals surface area (Å²) in [6.45, 7) is 2.13. The van der Waals surface area contributed by atoms with Crippen molar-refractivity contribution >= 4 is 23.4 Å². The molecule has 1 aliphatic carbocycles. The van der Waals surface area contributed by atoms with Crippen molar-refractivity contribution < 1.29 is 0 Å². The standard InChI is InChI=1S/C15H22ClNS/c1-2-11(17)10-13-14(16)8-5-9-15(13)18-12-6-3-4-7-12/h5,8-9,11-12H,2-4,6-7,10,17H2,1H3. The number of hydrogen-bond donors (Lipinski definition) is 1. The van der Waals surface area contributed by atoms with Gasteiger partial charge < -0.3 is 5.73 Å². The van der Waals surface area contributed by atoms with Gasteiger partial charge in [0.15, 0.2) is 0 Å². The van der Waals surface area contributed by atoms with Crippen LogP contribution in [0.25, 0.3) is 0 Å². The number of thioether (sulfide) groups is 1. The number of benzene rings is 1. The molecular weight excluding hydrogens is 262 g/mol. The van der Waals surface area contributed by atoms with E-state index in [2.05, 4.69) is 19.1 Å². The Kier molecular flexibility index (Phi) is 5.40. The first-order valence-corrected chi connectivity index (χ1v) is 8.16. The highest BCUT2D eigenvalue weighted by atomic mass is 35.5. The van der Waals surface area contributed by atoms with Gasteiger partial charge in [-0.05, 0) is 43.4 Å². The molecule has 2 rings (SSSR count). The van der Waals surface area contributed by atoms with Crippen molar-refractivity contribution in [3.8, 4) is 0 Å².